The van der Waals surface area contributed by atoms with Gasteiger partial charge in [0.25, 0.3) is 0 Å². The van der Waals surface area contributed by atoms with Crippen molar-refractivity contribution in [2.45, 2.75) is 320 Å². The number of hydrogen-bond acceptors (Lipinski definition) is 24. The standard InChI is InChI=1S/C43H64N8O2.2C37H55N5O2.CH4.3Co/c1-32-25-33(13-7-17-48-21-11-23-50-19-9-15-45-40(48)50)38(52)35(26-32)29-44-31-43(5,6)47-30-36-28-37(42(2,3)4)27-34(39(36)53)14-8-18-49-22-12-24-51-20-10-16-46-41(49)51;1-26-19-28(33(44)31(20-26)36(5,6)7)23-38-25-37(8,9)40-24-29-22-30(35(2,3)4)21-27(32(29)43)13-10-15-41-17-12-18-42-16-11-14-39-34(41)42;1-26-19-27(13-10-15-41-17-12-18-42-16-11-14-39-34(41)42)32(43)28(20-26)23-38-25-37(8,9)40-24-29-21-30(35(2,3)4)22-31(33(29)44)36(5,6)7;;;;/h25-30,52-53H,7-24,31H2,1-6H3;2*19-24,43-44H,10-18,25H2,1-9H3;1H4;;;. The van der Waals surface area contributed by atoms with E-state index in [1.54, 1.807) is 24.9 Å². The van der Waals surface area contributed by atoms with E-state index in [9.17, 15) is 30.6 Å². The van der Waals surface area contributed by atoms with E-state index in [1.807, 2.05) is 77.4 Å². The van der Waals surface area contributed by atoms with Crippen molar-refractivity contribution >= 4 is 61.1 Å². The van der Waals surface area contributed by atoms with Crippen LogP contribution in [0.1, 0.15) is 330 Å². The second-order valence-electron chi connectivity index (χ2n) is 47.8. The van der Waals surface area contributed by atoms with E-state index >= 15 is 0 Å². The zero-order chi connectivity index (χ0) is 102. The number of fused-ring (bicyclic) bond motifs is 4. The quantitative estimate of drug-likeness (QED) is 0.0221. The predicted molar refractivity (Wildman–Crippen MR) is 597 cm³/mol. The fraction of sp³-hybridized carbons (Fsp3) is 0.610. The molecule has 6 N–H and O–H groups in total. The molecule has 803 valence electrons. The van der Waals surface area contributed by atoms with Crippen LogP contribution in [0.5, 0.6) is 34.5 Å². The number of aryl methyl sites for hydroxylation is 7. The summed E-state index contributed by atoms with van der Waals surface area (Å²) < 4.78 is 0. The molecule has 6 aromatic rings. The summed E-state index contributed by atoms with van der Waals surface area (Å²) in [6, 6.07) is 24.8. The van der Waals surface area contributed by atoms with Crippen molar-refractivity contribution in [2.24, 2.45) is 49.9 Å². The molecule has 24 nitrogen and oxygen atoms in total. The van der Waals surface area contributed by atoms with E-state index in [0.29, 0.717) is 42.6 Å². The van der Waals surface area contributed by atoms with Gasteiger partial charge in [-0.1, -0.05) is 148 Å². The van der Waals surface area contributed by atoms with Crippen molar-refractivity contribution < 1.29 is 81.0 Å². The minimum atomic E-state index is -0.506. The monoisotopic (exact) mass is 2120 g/mol. The Balaban J connectivity index is 0.000000264. The topological polar surface area (TPSA) is 271 Å². The van der Waals surface area contributed by atoms with Crippen molar-refractivity contribution in [3.63, 3.8) is 0 Å². The summed E-state index contributed by atoms with van der Waals surface area (Å²) in [7, 11) is 0. The Morgan fingerprint density at radius 1 is 0.269 bits per heavy atom. The Kier molecular flexibility index (Phi) is 44.0. The first-order valence-electron chi connectivity index (χ1n) is 52.9. The first kappa shape index (κ1) is 121. The number of hydrogen-bond donors (Lipinski definition) is 6. The zero-order valence-corrected chi connectivity index (χ0v) is 94.8. The van der Waals surface area contributed by atoms with Gasteiger partial charge in [-0.3, -0.25) is 49.9 Å². The van der Waals surface area contributed by atoms with Gasteiger partial charge < -0.3 is 69.8 Å². The number of aromatic hydroxyl groups is 6. The molecule has 0 bridgehead atoms. The second kappa shape index (κ2) is 52.8. The molecule has 0 amide bonds. The third kappa shape index (κ3) is 34.1. The van der Waals surface area contributed by atoms with Crippen LogP contribution in [0.15, 0.2) is 123 Å². The van der Waals surface area contributed by atoms with Crippen LogP contribution in [0.4, 0.5) is 0 Å². The molecule has 0 saturated carbocycles. The summed E-state index contributed by atoms with van der Waals surface area (Å²) in [5, 5.41) is 67.3. The molecule has 6 aromatic carbocycles. The molecule has 14 rings (SSSR count). The van der Waals surface area contributed by atoms with E-state index in [2.05, 4.69) is 218 Å². The van der Waals surface area contributed by atoms with Crippen molar-refractivity contribution in [2.75, 3.05) is 151 Å². The SMILES string of the molecule is C.Cc1cc(C=NCC(C)(C)N=Cc2cc(C(C)(C)C)cc(C(C)(C)C)c2O)c(O)c(CCCN2CCCN3CCCN=C32)c1.Cc1cc(C=NCC(C)(C)N=Cc2cc(C(C)(C)C)cc(CCCN3CCCN4CCCN=C43)c2O)c(O)c(C(C)(C)C)c1.Cc1cc(C=NCC(C)(C)N=Cc2cc(C(C)(C)C)cc(CCCN3CCCN4CCCN=C43)c2O)c(O)c(CCCN2CCCN3CCCN=C32)c1.[Co].[Co].[Co]. The third-order valence-corrected chi connectivity index (χ3v) is 28.1. The molecule has 8 aliphatic rings. The van der Waals surface area contributed by atoms with Gasteiger partial charge in [0.15, 0.2) is 23.8 Å². The number of nitrogens with zero attached hydrogens (tertiary/aromatic N) is 18. The molecule has 0 spiro atoms. The molecule has 0 aliphatic carbocycles. The number of aliphatic imine (C=N–C) groups is 10. The Bertz CT molecular complexity index is 5620. The molecule has 27 heteroatoms. The van der Waals surface area contributed by atoms with Crippen molar-refractivity contribution in [3.8, 4) is 34.5 Å². The van der Waals surface area contributed by atoms with Crippen LogP contribution in [0, 0.1) is 20.8 Å². The van der Waals surface area contributed by atoms with Crippen LogP contribution in [0.25, 0.3) is 0 Å². The van der Waals surface area contributed by atoms with E-state index in [1.165, 1.54) is 66.2 Å². The van der Waals surface area contributed by atoms with Crippen molar-refractivity contribution in [1.29, 1.82) is 0 Å². The van der Waals surface area contributed by atoms with Crippen LogP contribution in [0.3, 0.4) is 0 Å². The van der Waals surface area contributed by atoms with Gasteiger partial charge in [0, 0.05) is 263 Å². The molecule has 8 heterocycles. The summed E-state index contributed by atoms with van der Waals surface area (Å²) in [6.45, 7) is 72.9. The molecule has 3 radical (unpaired) electrons. The largest absolute Gasteiger partial charge is 0.507 e. The van der Waals surface area contributed by atoms with E-state index in [4.69, 9.17) is 44.9 Å². The zero-order valence-electron chi connectivity index (χ0n) is 91.7. The van der Waals surface area contributed by atoms with Gasteiger partial charge in [0.05, 0.1) is 36.3 Å². The molecule has 145 heavy (non-hydrogen) atoms. The maximum Gasteiger partial charge on any atom is 0.196 e. The normalized spacial score (nSPS) is 16.8. The van der Waals surface area contributed by atoms with Crippen LogP contribution < -0.4 is 0 Å². The fourth-order valence-electron chi connectivity index (χ4n) is 19.9. The Hall–Kier alpha value is -9.26. The van der Waals surface area contributed by atoms with Crippen LogP contribution in [-0.4, -0.2) is 298 Å². The smallest absolute Gasteiger partial charge is 0.196 e. The van der Waals surface area contributed by atoms with Crippen LogP contribution >= 0.6 is 0 Å². The van der Waals surface area contributed by atoms with Gasteiger partial charge >= 0.3 is 0 Å². The number of rotatable bonds is 31. The summed E-state index contributed by atoms with van der Waals surface area (Å²) in [5.74, 6) is 6.51. The van der Waals surface area contributed by atoms with Gasteiger partial charge in [-0.2, -0.15) is 0 Å². The minimum Gasteiger partial charge on any atom is -0.507 e. The summed E-state index contributed by atoms with van der Waals surface area (Å²) >= 11 is 0. The molecular weight excluding hydrogens is 1940 g/mol. The molecule has 0 aromatic heterocycles. The number of benzene rings is 6. The molecule has 8 aliphatic heterocycles. The van der Waals surface area contributed by atoms with Crippen molar-refractivity contribution in [3.05, 3.63) is 173 Å². The second-order valence-corrected chi connectivity index (χ2v) is 47.8. The van der Waals surface area contributed by atoms with Gasteiger partial charge in [0.1, 0.15) is 34.5 Å². The van der Waals surface area contributed by atoms with Gasteiger partial charge in [-0.15, -0.1) is 0 Å². The van der Waals surface area contributed by atoms with Crippen molar-refractivity contribution in [1.82, 2.24) is 39.2 Å². The van der Waals surface area contributed by atoms with Crippen LogP contribution in [0.2, 0.25) is 0 Å². The Labute approximate surface area is 902 Å². The Morgan fingerprint density at radius 3 is 0.766 bits per heavy atom. The molecule has 4 saturated heterocycles. The van der Waals surface area contributed by atoms with Crippen LogP contribution in [-0.2, 0) is 103 Å². The van der Waals surface area contributed by atoms with Gasteiger partial charge in [0.2, 0.25) is 0 Å². The molecule has 0 atom stereocenters. The molecule has 4 fully saturated rings. The third-order valence-electron chi connectivity index (χ3n) is 28.1. The summed E-state index contributed by atoms with van der Waals surface area (Å²) in [6.07, 6.45) is 27.1. The summed E-state index contributed by atoms with van der Waals surface area (Å²) in [5.41, 5.74) is 15.0. The summed E-state index contributed by atoms with van der Waals surface area (Å²) in [4.78, 5) is 67.6. The van der Waals surface area contributed by atoms with Gasteiger partial charge in [-0.05, 0) is 284 Å². The first-order chi connectivity index (χ1) is 66.5. The first-order valence-corrected chi connectivity index (χ1v) is 52.9. The van der Waals surface area contributed by atoms with E-state index < -0.39 is 16.6 Å². The molecule has 0 unspecified atom stereocenters. The predicted octanol–water partition coefficient (Wildman–Crippen LogP) is 21.1. The minimum absolute atomic E-state index is 0. The maximum atomic E-state index is 11.5. The number of phenols is 6. The maximum absolute atomic E-state index is 11.5. The van der Waals surface area contributed by atoms with Gasteiger partial charge in [-0.25, -0.2) is 0 Å². The Morgan fingerprint density at radius 2 is 0.497 bits per heavy atom. The average molecular weight is 2120 g/mol. The molecular formula is C118H178Co3N18O6. The fourth-order valence-corrected chi connectivity index (χ4v) is 19.9. The average Bonchev–Trinajstić information content (AvgIpc) is 0.783. The van der Waals surface area contributed by atoms with E-state index in [0.717, 1.165) is 291 Å². The van der Waals surface area contributed by atoms with E-state index in [-0.39, 0.29) is 96.3 Å². The number of phenolic OH excluding ortho intramolecular Hbond substituents is 6. The number of guanidine groups is 4.